The van der Waals surface area contributed by atoms with Gasteiger partial charge in [-0.2, -0.15) is 5.10 Å². The van der Waals surface area contributed by atoms with Crippen LogP contribution in [0.25, 0.3) is 0 Å². The number of hydrogen-bond donors (Lipinski definition) is 1. The Morgan fingerprint density at radius 2 is 2.00 bits per heavy atom. The number of aryl methyl sites for hydroxylation is 1. The summed E-state index contributed by atoms with van der Waals surface area (Å²) >= 11 is 0. The summed E-state index contributed by atoms with van der Waals surface area (Å²) < 4.78 is 28.6. The summed E-state index contributed by atoms with van der Waals surface area (Å²) in [5.74, 6) is 0. The highest BCUT2D eigenvalue weighted by Crippen LogP contribution is 2.19. The Labute approximate surface area is 113 Å². The maximum Gasteiger partial charge on any atom is 0.244 e. The van der Waals surface area contributed by atoms with E-state index in [0.29, 0.717) is 6.42 Å². The van der Waals surface area contributed by atoms with Crippen LogP contribution in [-0.4, -0.2) is 18.2 Å². The molecular weight excluding hydrogens is 262 g/mol. The lowest BCUT2D eigenvalue weighted by Gasteiger charge is -2.16. The van der Waals surface area contributed by atoms with Crippen LogP contribution in [0.4, 0.5) is 0 Å². The van der Waals surface area contributed by atoms with E-state index in [2.05, 4.69) is 9.82 Å². The minimum Gasteiger partial charge on any atom is -0.274 e. The van der Waals surface area contributed by atoms with E-state index in [0.717, 1.165) is 5.56 Å². The first-order valence-electron chi connectivity index (χ1n) is 6.09. The molecule has 0 aliphatic carbocycles. The standard InChI is InChI=1S/C13H17N3O2S/c1-3-13(11-7-5-4-6-8-11)15-19(17,18)12-9-14-16(2)10-12/h4-10,13,15H,3H2,1-2H3. The summed E-state index contributed by atoms with van der Waals surface area (Å²) in [6.07, 6.45) is 3.52. The Balaban J connectivity index is 2.23. The number of nitrogens with zero attached hydrogens (tertiary/aromatic N) is 2. The quantitative estimate of drug-likeness (QED) is 0.908. The Morgan fingerprint density at radius 3 is 2.53 bits per heavy atom. The van der Waals surface area contributed by atoms with Crippen molar-refractivity contribution >= 4 is 10.0 Å². The highest BCUT2D eigenvalue weighted by Gasteiger charge is 2.21. The van der Waals surface area contributed by atoms with Gasteiger partial charge in [-0.25, -0.2) is 13.1 Å². The lowest BCUT2D eigenvalue weighted by Crippen LogP contribution is -2.28. The molecule has 1 atom stereocenters. The average Bonchev–Trinajstić information content (AvgIpc) is 2.85. The third kappa shape index (κ3) is 3.21. The van der Waals surface area contributed by atoms with E-state index in [1.54, 1.807) is 7.05 Å². The molecule has 2 aromatic rings. The summed E-state index contributed by atoms with van der Waals surface area (Å²) in [4.78, 5) is 0.185. The van der Waals surface area contributed by atoms with Crippen LogP contribution in [0.5, 0.6) is 0 Å². The van der Waals surface area contributed by atoms with E-state index in [1.165, 1.54) is 17.1 Å². The maximum atomic E-state index is 12.2. The Morgan fingerprint density at radius 1 is 1.32 bits per heavy atom. The second-order valence-electron chi connectivity index (χ2n) is 4.34. The van der Waals surface area contributed by atoms with E-state index in [4.69, 9.17) is 0 Å². The first-order chi connectivity index (χ1) is 9.03. The van der Waals surface area contributed by atoms with Crippen LogP contribution >= 0.6 is 0 Å². The van der Waals surface area contributed by atoms with Gasteiger partial charge in [-0.15, -0.1) is 0 Å². The Hall–Kier alpha value is -1.66. The van der Waals surface area contributed by atoms with Gasteiger partial charge in [0.25, 0.3) is 0 Å². The second kappa shape index (κ2) is 5.54. The van der Waals surface area contributed by atoms with Crippen molar-refractivity contribution in [2.45, 2.75) is 24.3 Å². The molecule has 0 saturated carbocycles. The SMILES string of the molecule is CCC(NS(=O)(=O)c1cnn(C)c1)c1ccccc1. The van der Waals surface area contributed by atoms with Crippen LogP contribution in [0.2, 0.25) is 0 Å². The first kappa shape index (κ1) is 13.8. The molecule has 1 N–H and O–H groups in total. The van der Waals surface area contributed by atoms with Crippen LogP contribution in [-0.2, 0) is 17.1 Å². The van der Waals surface area contributed by atoms with Gasteiger partial charge in [0.05, 0.1) is 6.20 Å². The number of sulfonamides is 1. The van der Waals surface area contributed by atoms with Crippen molar-refractivity contribution in [1.82, 2.24) is 14.5 Å². The number of aromatic nitrogens is 2. The Kier molecular flexibility index (Phi) is 4.01. The zero-order valence-corrected chi connectivity index (χ0v) is 11.8. The van der Waals surface area contributed by atoms with Gasteiger partial charge < -0.3 is 0 Å². The fourth-order valence-electron chi connectivity index (χ4n) is 1.87. The average molecular weight is 279 g/mol. The van der Waals surface area contributed by atoms with Crippen molar-refractivity contribution < 1.29 is 8.42 Å². The number of rotatable bonds is 5. The van der Waals surface area contributed by atoms with Gasteiger partial charge in [0.2, 0.25) is 10.0 Å². The zero-order valence-electron chi connectivity index (χ0n) is 10.9. The van der Waals surface area contributed by atoms with E-state index in [9.17, 15) is 8.42 Å². The van der Waals surface area contributed by atoms with Crippen molar-refractivity contribution in [2.24, 2.45) is 7.05 Å². The molecule has 0 radical (unpaired) electrons. The molecule has 0 spiro atoms. The number of hydrogen-bond acceptors (Lipinski definition) is 3. The summed E-state index contributed by atoms with van der Waals surface area (Å²) in [5, 5.41) is 3.89. The van der Waals surface area contributed by atoms with Gasteiger partial charge in [-0.3, -0.25) is 4.68 Å². The minimum atomic E-state index is -3.53. The fraction of sp³-hybridized carbons (Fsp3) is 0.308. The molecule has 19 heavy (non-hydrogen) atoms. The van der Waals surface area contributed by atoms with Crippen LogP contribution in [0.15, 0.2) is 47.6 Å². The summed E-state index contributed by atoms with van der Waals surface area (Å²) in [6, 6.07) is 9.31. The maximum absolute atomic E-state index is 12.2. The van der Waals surface area contributed by atoms with Crippen molar-refractivity contribution in [3.05, 3.63) is 48.3 Å². The van der Waals surface area contributed by atoms with E-state index >= 15 is 0 Å². The molecule has 2 rings (SSSR count). The monoisotopic (exact) mass is 279 g/mol. The second-order valence-corrected chi connectivity index (χ2v) is 6.06. The van der Waals surface area contributed by atoms with Crippen LogP contribution < -0.4 is 4.72 Å². The normalized spacial score (nSPS) is 13.4. The molecule has 0 fully saturated rings. The molecule has 0 aliphatic rings. The van der Waals surface area contributed by atoms with Gasteiger partial charge in [0, 0.05) is 19.3 Å². The smallest absolute Gasteiger partial charge is 0.244 e. The lowest BCUT2D eigenvalue weighted by molar-refractivity contribution is 0.550. The Bertz CT molecular complexity index is 635. The van der Waals surface area contributed by atoms with E-state index in [1.807, 2.05) is 37.3 Å². The molecule has 1 aromatic heterocycles. The van der Waals surface area contributed by atoms with Gasteiger partial charge in [-0.1, -0.05) is 37.3 Å². The summed E-state index contributed by atoms with van der Waals surface area (Å²) in [6.45, 7) is 1.95. The fourth-order valence-corrected chi connectivity index (χ4v) is 3.16. The van der Waals surface area contributed by atoms with Crippen molar-refractivity contribution in [3.63, 3.8) is 0 Å². The van der Waals surface area contributed by atoms with Gasteiger partial charge in [-0.05, 0) is 12.0 Å². The largest absolute Gasteiger partial charge is 0.274 e. The van der Waals surface area contributed by atoms with Crippen LogP contribution in [0, 0.1) is 0 Å². The molecule has 1 unspecified atom stereocenters. The third-order valence-electron chi connectivity index (χ3n) is 2.90. The van der Waals surface area contributed by atoms with Gasteiger partial charge in [0.15, 0.2) is 0 Å². The molecule has 1 aromatic carbocycles. The molecule has 5 nitrogen and oxygen atoms in total. The van der Waals surface area contributed by atoms with E-state index < -0.39 is 10.0 Å². The van der Waals surface area contributed by atoms with Gasteiger partial charge in [0.1, 0.15) is 4.90 Å². The lowest BCUT2D eigenvalue weighted by atomic mass is 10.1. The predicted octanol–water partition coefficient (Wildman–Crippen LogP) is 1.85. The first-order valence-corrected chi connectivity index (χ1v) is 7.57. The highest BCUT2D eigenvalue weighted by atomic mass is 32.2. The zero-order chi connectivity index (χ0) is 13.9. The topological polar surface area (TPSA) is 64.0 Å². The van der Waals surface area contributed by atoms with Crippen LogP contribution in [0.3, 0.4) is 0 Å². The molecule has 6 heteroatoms. The molecule has 0 bridgehead atoms. The van der Waals surface area contributed by atoms with Crippen molar-refractivity contribution in [1.29, 1.82) is 0 Å². The molecule has 1 heterocycles. The number of benzene rings is 1. The number of nitrogens with one attached hydrogen (secondary N) is 1. The van der Waals surface area contributed by atoms with Gasteiger partial charge >= 0.3 is 0 Å². The van der Waals surface area contributed by atoms with Crippen molar-refractivity contribution in [2.75, 3.05) is 0 Å². The van der Waals surface area contributed by atoms with E-state index in [-0.39, 0.29) is 10.9 Å². The minimum absolute atomic E-state index is 0.185. The predicted molar refractivity (Wildman–Crippen MR) is 73.0 cm³/mol. The highest BCUT2D eigenvalue weighted by molar-refractivity contribution is 7.89. The molecule has 0 amide bonds. The molecular formula is C13H17N3O2S. The summed E-state index contributed by atoms with van der Waals surface area (Å²) in [5.41, 5.74) is 0.956. The van der Waals surface area contributed by atoms with Crippen LogP contribution in [0.1, 0.15) is 24.9 Å². The molecule has 102 valence electrons. The third-order valence-corrected chi connectivity index (χ3v) is 4.33. The summed E-state index contributed by atoms with van der Waals surface area (Å²) in [7, 11) is -1.84. The molecule has 0 saturated heterocycles. The van der Waals surface area contributed by atoms with Crippen molar-refractivity contribution in [3.8, 4) is 0 Å². The molecule has 0 aliphatic heterocycles.